The summed E-state index contributed by atoms with van der Waals surface area (Å²) in [6.45, 7) is 2.30. The SMILES string of the molecule is CN(C)C(=O)N1CCN(C(=O)Cc2ccccc2N)CC1. The molecule has 0 saturated carbocycles. The van der Waals surface area contributed by atoms with E-state index in [-0.39, 0.29) is 11.9 Å². The predicted molar refractivity (Wildman–Crippen MR) is 81.8 cm³/mol. The zero-order valence-electron chi connectivity index (χ0n) is 12.6. The summed E-state index contributed by atoms with van der Waals surface area (Å²) < 4.78 is 0. The van der Waals surface area contributed by atoms with Gasteiger partial charge >= 0.3 is 6.03 Å². The first-order valence-electron chi connectivity index (χ1n) is 7.06. The third kappa shape index (κ3) is 3.65. The number of carbonyl (C=O) groups excluding carboxylic acids is 2. The second-order valence-corrected chi connectivity index (χ2v) is 5.42. The van der Waals surface area contributed by atoms with Crippen LogP contribution in [-0.2, 0) is 11.2 Å². The molecule has 0 aliphatic carbocycles. The Morgan fingerprint density at radius 3 is 2.24 bits per heavy atom. The third-order valence-corrected chi connectivity index (χ3v) is 3.68. The van der Waals surface area contributed by atoms with Crippen LogP contribution in [0.25, 0.3) is 0 Å². The largest absolute Gasteiger partial charge is 0.398 e. The molecular formula is C15H22N4O2. The summed E-state index contributed by atoms with van der Waals surface area (Å²) >= 11 is 0. The number of urea groups is 1. The zero-order valence-corrected chi connectivity index (χ0v) is 12.6. The van der Waals surface area contributed by atoms with E-state index in [4.69, 9.17) is 5.73 Å². The fourth-order valence-corrected chi connectivity index (χ4v) is 2.40. The number of hydrogen-bond acceptors (Lipinski definition) is 3. The van der Waals surface area contributed by atoms with Crippen LogP contribution < -0.4 is 5.73 Å². The van der Waals surface area contributed by atoms with Gasteiger partial charge in [0.2, 0.25) is 5.91 Å². The minimum absolute atomic E-state index is 0.00518. The van der Waals surface area contributed by atoms with Gasteiger partial charge in [0.1, 0.15) is 0 Å². The molecule has 0 radical (unpaired) electrons. The van der Waals surface area contributed by atoms with Crippen LogP contribution >= 0.6 is 0 Å². The lowest BCUT2D eigenvalue weighted by Crippen LogP contribution is -2.53. The first-order valence-corrected chi connectivity index (χ1v) is 7.06. The molecule has 1 aliphatic rings. The monoisotopic (exact) mass is 290 g/mol. The van der Waals surface area contributed by atoms with E-state index >= 15 is 0 Å². The number of hydrogen-bond donors (Lipinski definition) is 1. The lowest BCUT2D eigenvalue weighted by molar-refractivity contribution is -0.131. The van der Waals surface area contributed by atoms with Crippen LogP contribution in [0.2, 0.25) is 0 Å². The Bertz CT molecular complexity index is 522. The maximum absolute atomic E-state index is 12.3. The van der Waals surface area contributed by atoms with Crippen molar-refractivity contribution >= 4 is 17.6 Å². The van der Waals surface area contributed by atoms with Gasteiger partial charge in [0.25, 0.3) is 0 Å². The summed E-state index contributed by atoms with van der Waals surface area (Å²) in [6.07, 6.45) is 0.314. The molecule has 6 heteroatoms. The summed E-state index contributed by atoms with van der Waals surface area (Å²) in [7, 11) is 3.47. The predicted octanol–water partition coefficient (Wildman–Crippen LogP) is 0.637. The number of nitrogens with two attached hydrogens (primary N) is 1. The maximum Gasteiger partial charge on any atom is 0.319 e. The van der Waals surface area contributed by atoms with Gasteiger partial charge in [-0.25, -0.2) is 4.79 Å². The molecule has 2 rings (SSSR count). The summed E-state index contributed by atoms with van der Waals surface area (Å²) in [5.74, 6) is 0.0600. The molecule has 1 saturated heterocycles. The Labute approximate surface area is 125 Å². The fraction of sp³-hybridized carbons (Fsp3) is 0.467. The number of amides is 3. The van der Waals surface area contributed by atoms with Crippen LogP contribution in [0.1, 0.15) is 5.56 Å². The van der Waals surface area contributed by atoms with Crippen molar-refractivity contribution in [1.29, 1.82) is 0 Å². The molecule has 1 fully saturated rings. The van der Waals surface area contributed by atoms with Crippen LogP contribution in [0.15, 0.2) is 24.3 Å². The molecule has 1 aromatic rings. The van der Waals surface area contributed by atoms with E-state index in [0.29, 0.717) is 38.3 Å². The van der Waals surface area contributed by atoms with E-state index < -0.39 is 0 Å². The van der Waals surface area contributed by atoms with Gasteiger partial charge in [-0.05, 0) is 11.6 Å². The number of rotatable bonds is 2. The summed E-state index contributed by atoms with van der Waals surface area (Å²) in [5, 5.41) is 0. The van der Waals surface area contributed by atoms with Crippen LogP contribution in [0.3, 0.4) is 0 Å². The number of piperazine rings is 1. The number of nitrogen functional groups attached to an aromatic ring is 1. The highest BCUT2D eigenvalue weighted by molar-refractivity contribution is 5.81. The fourth-order valence-electron chi connectivity index (χ4n) is 2.40. The Hall–Kier alpha value is -2.24. The van der Waals surface area contributed by atoms with E-state index in [1.54, 1.807) is 34.9 Å². The van der Waals surface area contributed by atoms with Crippen molar-refractivity contribution in [3.63, 3.8) is 0 Å². The standard InChI is InChI=1S/C15H22N4O2/c1-17(2)15(21)19-9-7-18(8-10-19)14(20)11-12-5-3-4-6-13(12)16/h3-6H,7-11,16H2,1-2H3. The van der Waals surface area contributed by atoms with Crippen LogP contribution in [0, 0.1) is 0 Å². The van der Waals surface area contributed by atoms with Gasteiger partial charge in [0, 0.05) is 46.0 Å². The molecule has 2 N–H and O–H groups in total. The Morgan fingerprint density at radius 2 is 1.67 bits per heavy atom. The normalized spacial score (nSPS) is 15.0. The van der Waals surface area contributed by atoms with Gasteiger partial charge in [-0.1, -0.05) is 18.2 Å². The molecule has 114 valence electrons. The maximum atomic E-state index is 12.3. The summed E-state index contributed by atoms with van der Waals surface area (Å²) in [5.41, 5.74) is 7.37. The van der Waals surface area contributed by atoms with Crippen LogP contribution in [0.4, 0.5) is 10.5 Å². The van der Waals surface area contributed by atoms with E-state index in [0.717, 1.165) is 5.56 Å². The number of para-hydroxylation sites is 1. The van der Waals surface area contributed by atoms with E-state index in [1.807, 2.05) is 18.2 Å². The van der Waals surface area contributed by atoms with Crippen LogP contribution in [0.5, 0.6) is 0 Å². The van der Waals surface area contributed by atoms with Gasteiger partial charge in [-0.3, -0.25) is 4.79 Å². The molecule has 1 heterocycles. The molecule has 0 unspecified atom stereocenters. The van der Waals surface area contributed by atoms with Crippen molar-refractivity contribution in [1.82, 2.24) is 14.7 Å². The molecule has 1 aliphatic heterocycles. The minimum Gasteiger partial charge on any atom is -0.398 e. The molecule has 21 heavy (non-hydrogen) atoms. The molecule has 0 atom stereocenters. The smallest absolute Gasteiger partial charge is 0.319 e. The van der Waals surface area contributed by atoms with Gasteiger partial charge < -0.3 is 20.4 Å². The minimum atomic E-state index is -0.00518. The zero-order chi connectivity index (χ0) is 15.4. The van der Waals surface area contributed by atoms with Gasteiger partial charge in [-0.2, -0.15) is 0 Å². The van der Waals surface area contributed by atoms with E-state index in [2.05, 4.69) is 0 Å². The van der Waals surface area contributed by atoms with E-state index in [1.165, 1.54) is 0 Å². The molecule has 0 bridgehead atoms. The number of carbonyl (C=O) groups is 2. The highest BCUT2D eigenvalue weighted by Gasteiger charge is 2.25. The first kappa shape index (κ1) is 15.2. The first-order chi connectivity index (χ1) is 9.99. The lowest BCUT2D eigenvalue weighted by Gasteiger charge is -2.36. The van der Waals surface area contributed by atoms with Gasteiger partial charge in [0.15, 0.2) is 0 Å². The van der Waals surface area contributed by atoms with Crippen molar-refractivity contribution in [2.45, 2.75) is 6.42 Å². The van der Waals surface area contributed by atoms with Crippen molar-refractivity contribution in [2.24, 2.45) is 0 Å². The number of anilines is 1. The summed E-state index contributed by atoms with van der Waals surface area (Å²) in [4.78, 5) is 29.2. The Morgan fingerprint density at radius 1 is 1.10 bits per heavy atom. The molecule has 1 aromatic carbocycles. The average molecular weight is 290 g/mol. The molecular weight excluding hydrogens is 268 g/mol. The van der Waals surface area contributed by atoms with Crippen molar-refractivity contribution in [2.75, 3.05) is 46.0 Å². The topological polar surface area (TPSA) is 69.9 Å². The second kappa shape index (κ2) is 6.47. The van der Waals surface area contributed by atoms with Crippen molar-refractivity contribution in [3.05, 3.63) is 29.8 Å². The average Bonchev–Trinajstić information content (AvgIpc) is 2.49. The lowest BCUT2D eigenvalue weighted by atomic mass is 10.1. The quantitative estimate of drug-likeness (QED) is 0.813. The summed E-state index contributed by atoms with van der Waals surface area (Å²) in [6, 6.07) is 7.41. The van der Waals surface area contributed by atoms with Gasteiger partial charge in [-0.15, -0.1) is 0 Å². The molecule has 3 amide bonds. The Kier molecular flexibility index (Phi) is 4.67. The number of benzene rings is 1. The highest BCUT2D eigenvalue weighted by Crippen LogP contribution is 2.13. The van der Waals surface area contributed by atoms with E-state index in [9.17, 15) is 9.59 Å². The van der Waals surface area contributed by atoms with Crippen LogP contribution in [-0.4, -0.2) is 66.9 Å². The molecule has 6 nitrogen and oxygen atoms in total. The van der Waals surface area contributed by atoms with Crippen molar-refractivity contribution in [3.8, 4) is 0 Å². The third-order valence-electron chi connectivity index (χ3n) is 3.68. The molecule has 0 spiro atoms. The number of nitrogens with zero attached hydrogens (tertiary/aromatic N) is 3. The molecule has 0 aromatic heterocycles. The van der Waals surface area contributed by atoms with Gasteiger partial charge in [0.05, 0.1) is 6.42 Å². The van der Waals surface area contributed by atoms with Crippen molar-refractivity contribution < 1.29 is 9.59 Å². The second-order valence-electron chi connectivity index (χ2n) is 5.42. The highest BCUT2D eigenvalue weighted by atomic mass is 16.2. The Balaban J connectivity index is 1.89.